The molecule has 1 amide bonds. The Morgan fingerprint density at radius 3 is 3.04 bits per heavy atom. The van der Waals surface area contributed by atoms with E-state index in [9.17, 15) is 9.90 Å². The second-order valence-electron chi connectivity index (χ2n) is 5.74. The molecule has 6 nitrogen and oxygen atoms in total. The second kappa shape index (κ2) is 5.75. The Labute approximate surface area is 136 Å². The molecular weight excluding hydrogens is 312 g/mol. The maximum Gasteiger partial charge on any atom is 0.273 e. The zero-order valence-electron chi connectivity index (χ0n) is 12.3. The average molecular weight is 328 g/mol. The highest BCUT2D eigenvalue weighted by atomic mass is 32.1. The van der Waals surface area contributed by atoms with Crippen molar-refractivity contribution in [3.05, 3.63) is 47.1 Å². The molecule has 2 N–H and O–H groups in total. The molecule has 7 heteroatoms. The summed E-state index contributed by atoms with van der Waals surface area (Å²) < 4.78 is 2.80. The Morgan fingerprint density at radius 1 is 1.39 bits per heavy atom. The van der Waals surface area contributed by atoms with Crippen molar-refractivity contribution in [3.8, 4) is 0 Å². The minimum Gasteiger partial charge on any atom is -0.391 e. The van der Waals surface area contributed by atoms with Crippen molar-refractivity contribution in [2.45, 2.75) is 31.5 Å². The van der Waals surface area contributed by atoms with Gasteiger partial charge in [-0.2, -0.15) is 0 Å². The Kier molecular flexibility index (Phi) is 3.59. The Morgan fingerprint density at radius 2 is 2.26 bits per heavy atom. The lowest BCUT2D eigenvalue weighted by Gasteiger charge is -2.31. The van der Waals surface area contributed by atoms with E-state index in [4.69, 9.17) is 0 Å². The molecule has 0 aliphatic heterocycles. The number of aliphatic hydroxyl groups is 1. The van der Waals surface area contributed by atoms with Gasteiger partial charge < -0.3 is 10.4 Å². The van der Waals surface area contributed by atoms with Gasteiger partial charge in [0.1, 0.15) is 0 Å². The number of aromatic nitrogens is 3. The van der Waals surface area contributed by atoms with Crippen LogP contribution in [0.3, 0.4) is 0 Å². The van der Waals surface area contributed by atoms with Crippen LogP contribution >= 0.6 is 11.3 Å². The minimum absolute atomic E-state index is 0.0510. The lowest BCUT2D eigenvalue weighted by molar-refractivity contribution is 0.0244. The predicted molar refractivity (Wildman–Crippen MR) is 87.3 cm³/mol. The topological polar surface area (TPSA) is 80.0 Å². The number of carbonyl (C=O) groups excluding carboxylic acids is 1. The summed E-state index contributed by atoms with van der Waals surface area (Å²) in [6.45, 7) is 0.460. The van der Waals surface area contributed by atoms with Crippen LogP contribution in [0.25, 0.3) is 10.1 Å². The first-order valence-electron chi connectivity index (χ1n) is 7.55. The maximum absolute atomic E-state index is 12.2. The normalized spacial score (nSPS) is 20.4. The van der Waals surface area contributed by atoms with Crippen molar-refractivity contribution >= 4 is 27.3 Å². The number of nitrogens with one attached hydrogen (secondary N) is 1. The van der Waals surface area contributed by atoms with E-state index in [1.165, 1.54) is 10.1 Å². The minimum atomic E-state index is -0.384. The van der Waals surface area contributed by atoms with Crippen molar-refractivity contribution in [1.29, 1.82) is 0 Å². The summed E-state index contributed by atoms with van der Waals surface area (Å²) in [7, 11) is 0. The van der Waals surface area contributed by atoms with E-state index in [0.717, 1.165) is 18.4 Å². The van der Waals surface area contributed by atoms with Crippen molar-refractivity contribution in [2.24, 2.45) is 0 Å². The SMILES string of the molecule is O=C(NCc1csc2ccccc12)c1cn([C@@H]2CC[C@H]2O)nn1. The lowest BCUT2D eigenvalue weighted by Crippen LogP contribution is -2.34. The fraction of sp³-hybridized carbons (Fsp3) is 0.312. The molecule has 1 aromatic carbocycles. The van der Waals surface area contributed by atoms with E-state index in [0.29, 0.717) is 6.54 Å². The lowest BCUT2D eigenvalue weighted by atomic mass is 9.89. The number of carbonyl (C=O) groups is 1. The molecule has 0 radical (unpaired) electrons. The summed E-state index contributed by atoms with van der Waals surface area (Å²) in [5.74, 6) is -0.250. The van der Waals surface area contributed by atoms with Gasteiger partial charge in [-0.15, -0.1) is 16.4 Å². The van der Waals surface area contributed by atoms with Gasteiger partial charge >= 0.3 is 0 Å². The third kappa shape index (κ3) is 2.62. The highest BCUT2D eigenvalue weighted by Gasteiger charge is 2.31. The first-order valence-corrected chi connectivity index (χ1v) is 8.43. The van der Waals surface area contributed by atoms with Gasteiger partial charge in [0, 0.05) is 11.2 Å². The van der Waals surface area contributed by atoms with E-state index in [1.54, 1.807) is 22.2 Å². The summed E-state index contributed by atoms with van der Waals surface area (Å²) >= 11 is 1.67. The van der Waals surface area contributed by atoms with Gasteiger partial charge in [-0.1, -0.05) is 23.4 Å². The summed E-state index contributed by atoms with van der Waals surface area (Å²) in [5, 5.41) is 23.6. The number of nitrogens with zero attached hydrogens (tertiary/aromatic N) is 3. The number of hydrogen-bond acceptors (Lipinski definition) is 5. The number of fused-ring (bicyclic) bond motifs is 1. The number of hydrogen-bond donors (Lipinski definition) is 2. The van der Waals surface area contributed by atoms with E-state index < -0.39 is 0 Å². The fourth-order valence-electron chi connectivity index (χ4n) is 2.75. The van der Waals surface area contributed by atoms with Crippen LogP contribution in [0, 0.1) is 0 Å². The van der Waals surface area contributed by atoms with Gasteiger partial charge in [-0.25, -0.2) is 4.68 Å². The van der Waals surface area contributed by atoms with E-state index >= 15 is 0 Å². The smallest absolute Gasteiger partial charge is 0.273 e. The molecule has 0 saturated heterocycles. The molecule has 1 aliphatic carbocycles. The van der Waals surface area contributed by atoms with Crippen molar-refractivity contribution in [2.75, 3.05) is 0 Å². The molecule has 1 aliphatic rings. The van der Waals surface area contributed by atoms with Gasteiger partial charge in [0.25, 0.3) is 5.91 Å². The monoisotopic (exact) mass is 328 g/mol. The maximum atomic E-state index is 12.2. The van der Waals surface area contributed by atoms with Gasteiger partial charge in [-0.3, -0.25) is 4.79 Å². The van der Waals surface area contributed by atoms with Crippen molar-refractivity contribution in [3.63, 3.8) is 0 Å². The molecule has 4 rings (SSSR count). The van der Waals surface area contributed by atoms with Crippen LogP contribution in [0.4, 0.5) is 0 Å². The number of amides is 1. The van der Waals surface area contributed by atoms with Crippen molar-refractivity contribution in [1.82, 2.24) is 20.3 Å². The first kappa shape index (κ1) is 14.3. The van der Waals surface area contributed by atoms with Crippen molar-refractivity contribution < 1.29 is 9.90 Å². The molecule has 23 heavy (non-hydrogen) atoms. The molecule has 118 valence electrons. The Hall–Kier alpha value is -2.25. The predicted octanol–water partition coefficient (Wildman–Crippen LogP) is 2.12. The van der Waals surface area contributed by atoms with Crippen LogP contribution in [-0.2, 0) is 6.54 Å². The van der Waals surface area contributed by atoms with Gasteiger partial charge in [0.15, 0.2) is 5.69 Å². The van der Waals surface area contributed by atoms with Crippen LogP contribution in [0.2, 0.25) is 0 Å². The molecule has 2 aromatic heterocycles. The molecule has 2 atom stereocenters. The molecule has 0 unspecified atom stereocenters. The molecule has 2 heterocycles. The van der Waals surface area contributed by atoms with Crippen LogP contribution in [0.5, 0.6) is 0 Å². The summed E-state index contributed by atoms with van der Waals surface area (Å²) in [6, 6.07) is 8.08. The first-order chi connectivity index (χ1) is 11.2. The van der Waals surface area contributed by atoms with E-state index in [-0.39, 0.29) is 23.7 Å². The number of rotatable bonds is 4. The summed E-state index contributed by atoms with van der Waals surface area (Å²) in [4.78, 5) is 12.2. The summed E-state index contributed by atoms with van der Waals surface area (Å²) in [5.41, 5.74) is 1.38. The van der Waals surface area contributed by atoms with Crippen LogP contribution in [0.15, 0.2) is 35.8 Å². The standard InChI is InChI=1S/C16H16N4O2S/c21-14-6-5-13(14)20-8-12(18-19-20)16(22)17-7-10-9-23-15-4-2-1-3-11(10)15/h1-4,8-9,13-14,21H,5-7H2,(H,17,22)/t13-,14-/m1/s1. The fourth-order valence-corrected chi connectivity index (χ4v) is 3.71. The molecule has 0 spiro atoms. The van der Waals surface area contributed by atoms with Gasteiger partial charge in [0.2, 0.25) is 0 Å². The highest BCUT2D eigenvalue weighted by Crippen LogP contribution is 2.31. The van der Waals surface area contributed by atoms with Gasteiger partial charge in [-0.05, 0) is 35.2 Å². The Balaban J connectivity index is 1.44. The number of benzene rings is 1. The molecule has 3 aromatic rings. The summed E-state index contributed by atoms with van der Waals surface area (Å²) in [6.07, 6.45) is 2.86. The van der Waals surface area contributed by atoms with Crippen LogP contribution in [-0.4, -0.2) is 32.1 Å². The molecular formula is C16H16N4O2S. The third-order valence-electron chi connectivity index (χ3n) is 4.29. The number of aliphatic hydroxyl groups excluding tert-OH is 1. The van der Waals surface area contributed by atoms with Crippen LogP contribution < -0.4 is 5.32 Å². The van der Waals surface area contributed by atoms with E-state index in [1.807, 2.05) is 12.1 Å². The molecule has 1 fully saturated rings. The largest absolute Gasteiger partial charge is 0.391 e. The highest BCUT2D eigenvalue weighted by molar-refractivity contribution is 7.17. The van der Waals surface area contributed by atoms with Gasteiger partial charge in [0.05, 0.1) is 18.3 Å². The zero-order chi connectivity index (χ0) is 15.8. The number of thiophene rings is 1. The van der Waals surface area contributed by atoms with Crippen LogP contribution in [0.1, 0.15) is 34.9 Å². The third-order valence-corrected chi connectivity index (χ3v) is 5.30. The second-order valence-corrected chi connectivity index (χ2v) is 6.65. The molecule has 1 saturated carbocycles. The molecule has 0 bridgehead atoms. The quantitative estimate of drug-likeness (QED) is 0.769. The Bertz CT molecular complexity index is 857. The zero-order valence-corrected chi connectivity index (χ0v) is 13.2. The average Bonchev–Trinajstić information content (AvgIpc) is 3.18. The van der Waals surface area contributed by atoms with E-state index in [2.05, 4.69) is 33.1 Å².